The molecule has 1 heterocycles. The minimum absolute atomic E-state index is 0.0896. The summed E-state index contributed by atoms with van der Waals surface area (Å²) in [6, 6.07) is 4.63. The molecule has 0 aliphatic carbocycles. The number of nitrogens with zero attached hydrogens (tertiary/aromatic N) is 1. The third-order valence-corrected chi connectivity index (χ3v) is 3.30. The van der Waals surface area contributed by atoms with Gasteiger partial charge in [-0.2, -0.15) is 0 Å². The fourth-order valence-corrected chi connectivity index (χ4v) is 2.25. The topological polar surface area (TPSA) is 53.6 Å². The van der Waals surface area contributed by atoms with Crippen LogP contribution in [0.1, 0.15) is 11.1 Å². The molecule has 1 amide bonds. The summed E-state index contributed by atoms with van der Waals surface area (Å²) in [6.45, 7) is 2.63. The Morgan fingerprint density at radius 1 is 1.52 bits per heavy atom. The second kappa shape index (κ2) is 7.49. The predicted octanol–water partition coefficient (Wildman–Crippen LogP) is 0.492. The monoisotopic (exact) mass is 295 g/mol. The average Bonchev–Trinajstić information content (AvgIpc) is 2.48. The summed E-state index contributed by atoms with van der Waals surface area (Å²) >= 11 is 0. The Hall–Kier alpha value is -1.50. The van der Waals surface area contributed by atoms with Crippen molar-refractivity contribution in [2.75, 3.05) is 33.9 Å². The first-order valence-electron chi connectivity index (χ1n) is 7.07. The van der Waals surface area contributed by atoms with Crippen molar-refractivity contribution >= 4 is 5.91 Å². The first-order chi connectivity index (χ1) is 10.1. The van der Waals surface area contributed by atoms with Crippen molar-refractivity contribution in [3.8, 4) is 0 Å². The van der Waals surface area contributed by atoms with Crippen LogP contribution < -0.4 is 10.6 Å². The Bertz CT molecular complexity index is 488. The van der Waals surface area contributed by atoms with Crippen molar-refractivity contribution < 1.29 is 13.9 Å². The minimum atomic E-state index is -0.305. The third kappa shape index (κ3) is 4.77. The maximum Gasteiger partial charge on any atom is 0.239 e. The lowest BCUT2D eigenvalue weighted by molar-refractivity contribution is -0.126. The number of halogens is 1. The van der Waals surface area contributed by atoms with Gasteiger partial charge in [0.25, 0.3) is 0 Å². The highest BCUT2D eigenvalue weighted by Gasteiger charge is 2.20. The van der Waals surface area contributed by atoms with Gasteiger partial charge in [0.05, 0.1) is 13.2 Å². The first kappa shape index (κ1) is 15.9. The van der Waals surface area contributed by atoms with Gasteiger partial charge in [-0.15, -0.1) is 0 Å². The van der Waals surface area contributed by atoms with Gasteiger partial charge in [0.1, 0.15) is 11.9 Å². The number of benzene rings is 1. The molecule has 5 nitrogen and oxygen atoms in total. The van der Waals surface area contributed by atoms with E-state index in [1.807, 2.05) is 19.0 Å². The molecule has 2 N–H and O–H groups in total. The number of nitrogens with one attached hydrogen (secondary N) is 2. The van der Waals surface area contributed by atoms with Gasteiger partial charge in [0, 0.05) is 25.2 Å². The summed E-state index contributed by atoms with van der Waals surface area (Å²) in [5.41, 5.74) is 1.52. The Kier molecular flexibility index (Phi) is 5.67. The van der Waals surface area contributed by atoms with Crippen LogP contribution in [0.4, 0.5) is 4.39 Å². The number of hydrogen-bond donors (Lipinski definition) is 2. The standard InChI is InChI=1S/C15H22FN3O2/c1-19(2)9-12-7-11(3-4-13(12)16)8-18-15(20)14-10-21-6-5-17-14/h3-4,7,14,17H,5-6,8-10H2,1-2H3,(H,18,20). The van der Waals surface area contributed by atoms with E-state index in [1.54, 1.807) is 12.1 Å². The van der Waals surface area contributed by atoms with Crippen molar-refractivity contribution in [2.45, 2.75) is 19.1 Å². The van der Waals surface area contributed by atoms with E-state index in [0.717, 1.165) is 5.56 Å². The van der Waals surface area contributed by atoms with Gasteiger partial charge >= 0.3 is 0 Å². The molecular formula is C15H22FN3O2. The Morgan fingerprint density at radius 2 is 2.33 bits per heavy atom. The van der Waals surface area contributed by atoms with Crippen LogP contribution >= 0.6 is 0 Å². The molecule has 6 heteroatoms. The van der Waals surface area contributed by atoms with E-state index >= 15 is 0 Å². The second-order valence-corrected chi connectivity index (χ2v) is 5.46. The molecule has 1 unspecified atom stereocenters. The highest BCUT2D eigenvalue weighted by Crippen LogP contribution is 2.12. The zero-order valence-electron chi connectivity index (χ0n) is 12.5. The molecule has 1 atom stereocenters. The molecule has 1 aliphatic rings. The third-order valence-electron chi connectivity index (χ3n) is 3.30. The predicted molar refractivity (Wildman–Crippen MR) is 78.2 cm³/mol. The number of ether oxygens (including phenoxy) is 1. The summed E-state index contributed by atoms with van der Waals surface area (Å²) < 4.78 is 18.9. The molecule has 1 fully saturated rings. The molecule has 0 radical (unpaired) electrons. The van der Waals surface area contributed by atoms with E-state index in [9.17, 15) is 9.18 Å². The van der Waals surface area contributed by atoms with Gasteiger partial charge in [-0.3, -0.25) is 4.79 Å². The van der Waals surface area contributed by atoms with Crippen LogP contribution in [0.15, 0.2) is 18.2 Å². The molecule has 0 saturated carbocycles. The van der Waals surface area contributed by atoms with Crippen molar-refractivity contribution in [1.82, 2.24) is 15.5 Å². The van der Waals surface area contributed by atoms with E-state index < -0.39 is 0 Å². The molecule has 21 heavy (non-hydrogen) atoms. The molecule has 1 aromatic carbocycles. The summed E-state index contributed by atoms with van der Waals surface area (Å²) in [5.74, 6) is -0.311. The Morgan fingerprint density at radius 3 is 3.00 bits per heavy atom. The van der Waals surface area contributed by atoms with Crippen molar-refractivity contribution in [3.05, 3.63) is 35.1 Å². The van der Waals surface area contributed by atoms with E-state index in [1.165, 1.54) is 6.07 Å². The molecule has 0 bridgehead atoms. The molecule has 2 rings (SSSR count). The number of amides is 1. The summed E-state index contributed by atoms with van der Waals surface area (Å²) in [4.78, 5) is 13.9. The van der Waals surface area contributed by atoms with Gasteiger partial charge in [0.2, 0.25) is 5.91 Å². The lowest BCUT2D eigenvalue weighted by Crippen LogP contribution is -2.51. The lowest BCUT2D eigenvalue weighted by Gasteiger charge is -2.23. The van der Waals surface area contributed by atoms with Gasteiger partial charge in [-0.05, 0) is 31.8 Å². The van der Waals surface area contributed by atoms with Crippen LogP contribution in [-0.4, -0.2) is 50.7 Å². The quantitative estimate of drug-likeness (QED) is 0.830. The molecule has 1 aromatic rings. The molecule has 116 valence electrons. The molecule has 0 spiro atoms. The van der Waals surface area contributed by atoms with Crippen molar-refractivity contribution in [3.63, 3.8) is 0 Å². The molecular weight excluding hydrogens is 273 g/mol. The van der Waals surface area contributed by atoms with Crippen LogP contribution in [0, 0.1) is 5.82 Å². The Labute approximate surface area is 124 Å². The number of carbonyl (C=O) groups excluding carboxylic acids is 1. The fraction of sp³-hybridized carbons (Fsp3) is 0.533. The fourth-order valence-electron chi connectivity index (χ4n) is 2.25. The molecule has 1 saturated heterocycles. The zero-order chi connectivity index (χ0) is 15.2. The van der Waals surface area contributed by atoms with E-state index in [0.29, 0.717) is 38.4 Å². The maximum absolute atomic E-state index is 13.7. The van der Waals surface area contributed by atoms with E-state index in [2.05, 4.69) is 10.6 Å². The molecule has 1 aliphatic heterocycles. The average molecular weight is 295 g/mol. The first-order valence-corrected chi connectivity index (χ1v) is 7.07. The van der Waals surface area contributed by atoms with Crippen molar-refractivity contribution in [2.24, 2.45) is 0 Å². The number of morpholine rings is 1. The van der Waals surface area contributed by atoms with Crippen LogP contribution in [-0.2, 0) is 22.6 Å². The Balaban J connectivity index is 1.91. The van der Waals surface area contributed by atoms with Crippen molar-refractivity contribution in [1.29, 1.82) is 0 Å². The second-order valence-electron chi connectivity index (χ2n) is 5.46. The highest BCUT2D eigenvalue weighted by molar-refractivity contribution is 5.81. The summed E-state index contributed by atoms with van der Waals surface area (Å²) in [5, 5.41) is 5.95. The highest BCUT2D eigenvalue weighted by atomic mass is 19.1. The van der Waals surface area contributed by atoms with Gasteiger partial charge < -0.3 is 20.3 Å². The van der Waals surface area contributed by atoms with Gasteiger partial charge in [-0.1, -0.05) is 6.07 Å². The van der Waals surface area contributed by atoms with E-state index in [-0.39, 0.29) is 17.8 Å². The van der Waals surface area contributed by atoms with Crippen LogP contribution in [0.2, 0.25) is 0 Å². The largest absolute Gasteiger partial charge is 0.378 e. The van der Waals surface area contributed by atoms with Crippen LogP contribution in [0.25, 0.3) is 0 Å². The summed E-state index contributed by atoms with van der Waals surface area (Å²) in [7, 11) is 3.78. The van der Waals surface area contributed by atoms with E-state index in [4.69, 9.17) is 4.74 Å². The number of carbonyl (C=O) groups is 1. The lowest BCUT2D eigenvalue weighted by atomic mass is 10.1. The van der Waals surface area contributed by atoms with Crippen LogP contribution in [0.3, 0.4) is 0 Å². The maximum atomic E-state index is 13.7. The summed E-state index contributed by atoms with van der Waals surface area (Å²) in [6.07, 6.45) is 0. The van der Waals surface area contributed by atoms with Gasteiger partial charge in [-0.25, -0.2) is 4.39 Å². The number of hydrogen-bond acceptors (Lipinski definition) is 4. The SMILES string of the molecule is CN(C)Cc1cc(CNC(=O)C2COCCN2)ccc1F. The minimum Gasteiger partial charge on any atom is -0.378 e. The van der Waals surface area contributed by atoms with Gasteiger partial charge in [0.15, 0.2) is 0 Å². The zero-order valence-corrected chi connectivity index (χ0v) is 12.5. The molecule has 0 aromatic heterocycles. The normalized spacial score (nSPS) is 18.8. The van der Waals surface area contributed by atoms with Crippen LogP contribution in [0.5, 0.6) is 0 Å². The smallest absolute Gasteiger partial charge is 0.239 e. The number of rotatable bonds is 5.